The number of allylic oxidation sites excluding steroid dienone is 2. The van der Waals surface area contributed by atoms with Crippen molar-refractivity contribution >= 4 is 21.7 Å². The number of aryl methyl sites for hydroxylation is 2. The van der Waals surface area contributed by atoms with Crippen molar-refractivity contribution in [3.63, 3.8) is 0 Å². The molecule has 0 spiro atoms. The monoisotopic (exact) mass is 636 g/mol. The first kappa shape index (κ1) is 33.5. The van der Waals surface area contributed by atoms with Crippen LogP contribution in [0.2, 0.25) is 12.1 Å². The Kier molecular flexibility index (Phi) is 11.5. The highest BCUT2D eigenvalue weighted by molar-refractivity contribution is 6.36. The van der Waals surface area contributed by atoms with Crippen LogP contribution in [0.15, 0.2) is 96.1 Å². The molecule has 2 unspecified atom stereocenters. The predicted molar refractivity (Wildman–Crippen MR) is 210 cm³/mol. The molecule has 0 radical (unpaired) electrons. The Balaban J connectivity index is 1.28. The van der Waals surface area contributed by atoms with E-state index in [1.807, 2.05) is 0 Å². The van der Waals surface area contributed by atoms with E-state index in [1.165, 1.54) is 108 Å². The fourth-order valence-electron chi connectivity index (χ4n) is 8.54. The van der Waals surface area contributed by atoms with E-state index in [0.29, 0.717) is 11.8 Å². The van der Waals surface area contributed by atoms with Gasteiger partial charge >= 0.3 is 0 Å². The Labute approximate surface area is 288 Å². The zero-order valence-corrected chi connectivity index (χ0v) is 31.0. The second-order valence-corrected chi connectivity index (χ2v) is 16.0. The summed E-state index contributed by atoms with van der Waals surface area (Å²) < 4.78 is 0. The molecule has 2 aliphatic rings. The highest BCUT2D eigenvalue weighted by Crippen LogP contribution is 2.48. The third-order valence-corrected chi connectivity index (χ3v) is 12.8. The number of fused-ring (bicyclic) bond motifs is 2. The van der Waals surface area contributed by atoms with Crippen LogP contribution in [0.25, 0.3) is 34.4 Å². The average Bonchev–Trinajstić information content (AvgIpc) is 3.64. The van der Waals surface area contributed by atoms with Gasteiger partial charge < -0.3 is 0 Å². The minimum absolute atomic E-state index is 0.300. The third kappa shape index (κ3) is 7.21. The molecule has 244 valence electrons. The highest BCUT2D eigenvalue weighted by atomic mass is 28.2. The third-order valence-electron chi connectivity index (χ3n) is 10.9. The van der Waals surface area contributed by atoms with Crippen molar-refractivity contribution in [2.45, 2.75) is 116 Å². The maximum atomic E-state index is 2.62. The molecule has 0 N–H and O–H groups in total. The van der Waals surface area contributed by atoms with E-state index in [-0.39, 0.29) is 9.52 Å². The first-order valence-electron chi connectivity index (χ1n) is 19.0. The molecule has 0 aromatic heterocycles. The first-order chi connectivity index (χ1) is 23.2. The topological polar surface area (TPSA) is 0 Å². The fourth-order valence-corrected chi connectivity index (χ4v) is 11.0. The van der Waals surface area contributed by atoms with Crippen LogP contribution in [-0.4, -0.2) is 9.52 Å². The van der Waals surface area contributed by atoms with E-state index in [9.17, 15) is 0 Å². The van der Waals surface area contributed by atoms with Crippen LogP contribution in [0.1, 0.15) is 124 Å². The van der Waals surface area contributed by atoms with Crippen molar-refractivity contribution < 1.29 is 0 Å². The summed E-state index contributed by atoms with van der Waals surface area (Å²) in [5.41, 5.74) is 18.4. The lowest BCUT2D eigenvalue weighted by Gasteiger charge is -2.21. The Hall–Kier alpha value is -3.42. The number of unbranched alkanes of at least 4 members (excludes halogenated alkanes) is 2. The molecule has 0 fully saturated rings. The van der Waals surface area contributed by atoms with E-state index in [1.54, 1.807) is 22.3 Å². The molecule has 0 amide bonds. The molecule has 0 saturated carbocycles. The van der Waals surface area contributed by atoms with Crippen LogP contribution in [0.3, 0.4) is 0 Å². The molecule has 0 bridgehead atoms. The van der Waals surface area contributed by atoms with Gasteiger partial charge in [-0.1, -0.05) is 174 Å². The zero-order valence-electron chi connectivity index (χ0n) is 29.6. The molecule has 2 aliphatic carbocycles. The summed E-state index contributed by atoms with van der Waals surface area (Å²) in [7, 11) is -0.300. The summed E-state index contributed by atoms with van der Waals surface area (Å²) in [6, 6.07) is 35.5. The summed E-state index contributed by atoms with van der Waals surface area (Å²) >= 11 is 0. The second kappa shape index (κ2) is 16.1. The predicted octanol–water partition coefficient (Wildman–Crippen LogP) is 13.0. The Morgan fingerprint density at radius 2 is 0.872 bits per heavy atom. The maximum absolute atomic E-state index is 2.62. The van der Waals surface area contributed by atoms with Crippen molar-refractivity contribution in [2.24, 2.45) is 0 Å². The Morgan fingerprint density at radius 1 is 0.447 bits per heavy atom. The highest BCUT2D eigenvalue weighted by Gasteiger charge is 2.30. The minimum Gasteiger partial charge on any atom is -0.0654 e. The second-order valence-electron chi connectivity index (χ2n) is 14.1. The van der Waals surface area contributed by atoms with Gasteiger partial charge in [-0.2, -0.15) is 0 Å². The van der Waals surface area contributed by atoms with Gasteiger partial charge in [-0.15, -0.1) is 0 Å². The molecule has 0 saturated heterocycles. The molecule has 4 aromatic rings. The summed E-state index contributed by atoms with van der Waals surface area (Å²) in [6.07, 6.45) is 17.5. The quantitative estimate of drug-likeness (QED) is 0.107. The summed E-state index contributed by atoms with van der Waals surface area (Å²) in [4.78, 5) is 0. The minimum atomic E-state index is -0.300. The summed E-state index contributed by atoms with van der Waals surface area (Å²) in [6.45, 7) is 9.28. The SMILES string of the molecule is CCCCC1=Cc2c(-c3ccccc3CCC)cccc2C1C[SiH2]CC1C(CCCC)=Cc2c(-c3ccccc3CCC)cccc21. The van der Waals surface area contributed by atoms with Gasteiger partial charge in [0.1, 0.15) is 0 Å². The van der Waals surface area contributed by atoms with Gasteiger partial charge in [0.15, 0.2) is 0 Å². The van der Waals surface area contributed by atoms with E-state index in [0.717, 1.165) is 12.8 Å². The van der Waals surface area contributed by atoms with Crippen LogP contribution in [0.4, 0.5) is 0 Å². The smallest absolute Gasteiger partial charge is 0.0218 e. The average molecular weight is 637 g/mol. The van der Waals surface area contributed by atoms with Crippen molar-refractivity contribution in [1.82, 2.24) is 0 Å². The van der Waals surface area contributed by atoms with Crippen molar-refractivity contribution in [1.29, 1.82) is 0 Å². The van der Waals surface area contributed by atoms with Gasteiger partial charge in [-0.05, 0) is 94.2 Å². The lowest BCUT2D eigenvalue weighted by atomic mass is 9.89. The largest absolute Gasteiger partial charge is 0.0654 e. The van der Waals surface area contributed by atoms with Gasteiger partial charge in [0.05, 0.1) is 0 Å². The first-order valence-corrected chi connectivity index (χ1v) is 21.0. The number of hydrogen-bond donors (Lipinski definition) is 0. The Morgan fingerprint density at radius 3 is 1.30 bits per heavy atom. The van der Waals surface area contributed by atoms with Crippen LogP contribution in [0, 0.1) is 0 Å². The van der Waals surface area contributed by atoms with Gasteiger partial charge in [-0.3, -0.25) is 0 Å². The summed E-state index contributed by atoms with van der Waals surface area (Å²) in [5, 5.41) is 0. The molecule has 0 aliphatic heterocycles. The molecule has 2 atom stereocenters. The van der Waals surface area contributed by atoms with Crippen molar-refractivity contribution in [3.05, 3.63) is 129 Å². The fraction of sp³-hybridized carbons (Fsp3) is 0.391. The maximum Gasteiger partial charge on any atom is 0.0218 e. The van der Waals surface area contributed by atoms with Crippen LogP contribution in [-0.2, 0) is 12.8 Å². The number of hydrogen-bond acceptors (Lipinski definition) is 0. The van der Waals surface area contributed by atoms with Crippen molar-refractivity contribution in [3.8, 4) is 22.3 Å². The normalized spacial score (nSPS) is 16.9. The Bertz CT molecular complexity index is 1590. The standard InChI is InChI=1S/C46H56Si/c1-5-9-19-35-29-43-39(37-23-13-11-21-33(37)17-7-3)25-15-27-41(43)45(35)31-47-32-46-36(20-10-6-2)30-44-40(26-16-28-42(44)46)38-24-14-12-22-34(38)18-8-4/h11-16,21-30,45-46H,5-10,17-20,31-32,47H2,1-4H3. The van der Waals surface area contributed by atoms with Gasteiger partial charge in [0.2, 0.25) is 0 Å². The van der Waals surface area contributed by atoms with E-state index >= 15 is 0 Å². The van der Waals surface area contributed by atoms with E-state index in [2.05, 4.69) is 125 Å². The van der Waals surface area contributed by atoms with Gasteiger partial charge in [0.25, 0.3) is 0 Å². The van der Waals surface area contributed by atoms with E-state index in [4.69, 9.17) is 0 Å². The lowest BCUT2D eigenvalue weighted by molar-refractivity contribution is 0.730. The number of rotatable bonds is 16. The van der Waals surface area contributed by atoms with Gasteiger partial charge in [0, 0.05) is 21.4 Å². The molecule has 6 rings (SSSR count). The van der Waals surface area contributed by atoms with Gasteiger partial charge in [-0.25, -0.2) is 0 Å². The summed E-state index contributed by atoms with van der Waals surface area (Å²) in [5.74, 6) is 1.22. The molecule has 1 heteroatoms. The molecule has 47 heavy (non-hydrogen) atoms. The molecule has 0 nitrogen and oxygen atoms in total. The molecule has 0 heterocycles. The zero-order chi connectivity index (χ0) is 32.6. The lowest BCUT2D eigenvalue weighted by Crippen LogP contribution is -2.08. The van der Waals surface area contributed by atoms with E-state index < -0.39 is 0 Å². The van der Waals surface area contributed by atoms with Crippen LogP contribution < -0.4 is 0 Å². The number of benzene rings is 4. The molecule has 4 aromatic carbocycles. The van der Waals surface area contributed by atoms with Crippen LogP contribution in [0.5, 0.6) is 0 Å². The van der Waals surface area contributed by atoms with Crippen molar-refractivity contribution in [2.75, 3.05) is 0 Å². The molecular formula is C46H56Si. The molecular weight excluding hydrogens is 581 g/mol. The van der Waals surface area contributed by atoms with Crippen LogP contribution >= 0.6 is 0 Å².